The van der Waals surface area contributed by atoms with Gasteiger partial charge in [0.2, 0.25) is 17.5 Å². The quantitative estimate of drug-likeness (QED) is 0.172. The van der Waals surface area contributed by atoms with Crippen molar-refractivity contribution in [2.24, 2.45) is 0 Å². The van der Waals surface area contributed by atoms with Gasteiger partial charge >= 0.3 is 0 Å². The molecule has 8 aromatic carbocycles. The second-order valence-electron chi connectivity index (χ2n) is 17.5. The number of hydrogen-bond donors (Lipinski definition) is 0. The Balaban J connectivity index is 0.980. The summed E-state index contributed by atoms with van der Waals surface area (Å²) in [4.78, 5) is 25.8. The molecule has 0 aliphatic heterocycles. The van der Waals surface area contributed by atoms with E-state index in [1.165, 1.54) is 22.3 Å². The summed E-state index contributed by atoms with van der Waals surface area (Å²) in [6.07, 6.45) is 0. The van der Waals surface area contributed by atoms with Gasteiger partial charge in [0.15, 0.2) is 11.6 Å². The molecule has 13 aromatic rings. The van der Waals surface area contributed by atoms with Gasteiger partial charge in [-0.25, -0.2) is 19.5 Å². The normalized spacial score (nSPS) is 13.2. The molecule has 1 aliphatic carbocycles. The molecule has 9 nitrogen and oxygen atoms in total. The number of para-hydroxylation sites is 4. The first-order valence-electron chi connectivity index (χ1n) is 21.9. The van der Waals surface area contributed by atoms with Gasteiger partial charge in [-0.2, -0.15) is 9.97 Å². The van der Waals surface area contributed by atoms with Crippen LogP contribution in [0.3, 0.4) is 0 Å². The standard InChI is InChI=1S/C56H37N9/c1-56(2)41-20-10-9-19-39(41)40-28-27-38(33-42(40)56)62-47-29-25-36(31-49(47)63-45-23-13-11-21-43(45)57-54(62)63)37-26-30-48-50(32-37)64-46-24-14-12-22-44(46)58-55(64)65(48)53-60-51(34-15-5-3-6-16-34)59-52(61-53)35-17-7-4-8-18-35/h3-33H,1-2H3. The Labute approximate surface area is 372 Å². The van der Waals surface area contributed by atoms with E-state index in [-0.39, 0.29) is 5.41 Å². The summed E-state index contributed by atoms with van der Waals surface area (Å²) in [5.41, 5.74) is 18.3. The smallest absolute Gasteiger partial charge is 0.241 e. The van der Waals surface area contributed by atoms with Crippen LogP contribution in [-0.4, -0.2) is 42.9 Å². The number of benzene rings is 8. The molecule has 0 unspecified atom stereocenters. The molecular weight excluding hydrogens is 799 g/mol. The third-order valence-corrected chi connectivity index (χ3v) is 13.4. The molecular formula is C56H37N9. The largest absolute Gasteiger partial charge is 0.278 e. The minimum absolute atomic E-state index is 0.129. The van der Waals surface area contributed by atoms with Crippen LogP contribution in [0.2, 0.25) is 0 Å². The zero-order valence-corrected chi connectivity index (χ0v) is 35.4. The summed E-state index contributed by atoms with van der Waals surface area (Å²) >= 11 is 0. The molecule has 14 rings (SSSR count). The van der Waals surface area contributed by atoms with Crippen molar-refractivity contribution >= 4 is 55.7 Å². The maximum atomic E-state index is 5.28. The van der Waals surface area contributed by atoms with E-state index in [1.807, 2.05) is 66.7 Å². The zero-order chi connectivity index (χ0) is 43.0. The summed E-state index contributed by atoms with van der Waals surface area (Å²) in [5, 5.41) is 0. The van der Waals surface area contributed by atoms with Crippen LogP contribution in [-0.2, 0) is 5.41 Å². The lowest BCUT2D eigenvalue weighted by atomic mass is 9.82. The Morgan fingerprint density at radius 1 is 0.354 bits per heavy atom. The maximum absolute atomic E-state index is 5.28. The minimum atomic E-state index is -0.129. The Bertz CT molecular complexity index is 4040. The average molecular weight is 836 g/mol. The number of imidazole rings is 4. The second-order valence-corrected chi connectivity index (χ2v) is 17.5. The Morgan fingerprint density at radius 3 is 1.48 bits per heavy atom. The first-order valence-corrected chi connectivity index (χ1v) is 21.9. The van der Waals surface area contributed by atoms with E-state index >= 15 is 0 Å². The number of fused-ring (bicyclic) bond motifs is 13. The number of nitrogens with zero attached hydrogens (tertiary/aromatic N) is 9. The van der Waals surface area contributed by atoms with Gasteiger partial charge in [-0.05, 0) is 94.0 Å². The highest BCUT2D eigenvalue weighted by Crippen LogP contribution is 2.49. The van der Waals surface area contributed by atoms with Crippen LogP contribution < -0.4 is 0 Å². The Kier molecular flexibility index (Phi) is 7.26. The topological polar surface area (TPSA) is 83.1 Å². The molecule has 65 heavy (non-hydrogen) atoms. The van der Waals surface area contributed by atoms with Crippen molar-refractivity contribution in [3.8, 4) is 56.7 Å². The van der Waals surface area contributed by atoms with E-state index in [2.05, 4.69) is 153 Å². The molecule has 0 atom stereocenters. The Morgan fingerprint density at radius 2 is 0.862 bits per heavy atom. The van der Waals surface area contributed by atoms with E-state index in [9.17, 15) is 0 Å². The number of hydrogen-bond acceptors (Lipinski definition) is 5. The fourth-order valence-corrected chi connectivity index (χ4v) is 10.3. The molecule has 5 aromatic heterocycles. The lowest BCUT2D eigenvalue weighted by Crippen LogP contribution is -2.15. The van der Waals surface area contributed by atoms with Gasteiger partial charge in [-0.15, -0.1) is 0 Å². The molecule has 0 fully saturated rings. The van der Waals surface area contributed by atoms with Crippen molar-refractivity contribution in [3.63, 3.8) is 0 Å². The number of rotatable bonds is 5. The van der Waals surface area contributed by atoms with Crippen molar-refractivity contribution in [3.05, 3.63) is 199 Å². The van der Waals surface area contributed by atoms with E-state index in [0.29, 0.717) is 17.6 Å². The van der Waals surface area contributed by atoms with Crippen molar-refractivity contribution in [2.45, 2.75) is 19.3 Å². The van der Waals surface area contributed by atoms with Gasteiger partial charge in [-0.1, -0.05) is 141 Å². The van der Waals surface area contributed by atoms with Crippen LogP contribution in [0.4, 0.5) is 0 Å². The van der Waals surface area contributed by atoms with E-state index < -0.39 is 0 Å². The lowest BCUT2D eigenvalue weighted by Gasteiger charge is -2.22. The first kappa shape index (κ1) is 35.9. The minimum Gasteiger partial charge on any atom is -0.278 e. The molecule has 0 saturated carbocycles. The van der Waals surface area contributed by atoms with Crippen molar-refractivity contribution in [1.29, 1.82) is 0 Å². The predicted octanol–water partition coefficient (Wildman–Crippen LogP) is 12.7. The predicted molar refractivity (Wildman–Crippen MR) is 260 cm³/mol. The van der Waals surface area contributed by atoms with E-state index in [0.717, 1.165) is 83.6 Å². The fraction of sp³-hybridized carbons (Fsp3) is 0.0536. The third-order valence-electron chi connectivity index (χ3n) is 13.4. The molecule has 0 saturated heterocycles. The van der Waals surface area contributed by atoms with Crippen molar-refractivity contribution in [2.75, 3.05) is 0 Å². The van der Waals surface area contributed by atoms with Crippen LogP contribution >= 0.6 is 0 Å². The highest BCUT2D eigenvalue weighted by atomic mass is 15.3. The van der Waals surface area contributed by atoms with Crippen LogP contribution in [0.25, 0.3) is 112 Å². The van der Waals surface area contributed by atoms with E-state index in [4.69, 9.17) is 24.9 Å². The molecule has 0 bridgehead atoms. The Hall–Kier alpha value is -8.69. The van der Waals surface area contributed by atoms with Gasteiger partial charge in [0.25, 0.3) is 0 Å². The summed E-state index contributed by atoms with van der Waals surface area (Å²) in [5.74, 6) is 3.29. The summed E-state index contributed by atoms with van der Waals surface area (Å²) in [6.45, 7) is 4.67. The van der Waals surface area contributed by atoms with Crippen LogP contribution in [0.5, 0.6) is 0 Å². The van der Waals surface area contributed by atoms with Crippen molar-refractivity contribution < 1.29 is 0 Å². The highest BCUT2D eigenvalue weighted by Gasteiger charge is 2.35. The molecule has 306 valence electrons. The molecule has 9 heteroatoms. The van der Waals surface area contributed by atoms with Crippen molar-refractivity contribution in [1.82, 2.24) is 42.9 Å². The monoisotopic (exact) mass is 835 g/mol. The van der Waals surface area contributed by atoms with Gasteiger partial charge in [0, 0.05) is 22.2 Å². The summed E-state index contributed by atoms with van der Waals surface area (Å²) < 4.78 is 8.94. The van der Waals surface area contributed by atoms with Crippen LogP contribution in [0.15, 0.2) is 188 Å². The fourth-order valence-electron chi connectivity index (χ4n) is 10.3. The highest BCUT2D eigenvalue weighted by molar-refractivity contribution is 5.97. The second kappa shape index (κ2) is 13.2. The third kappa shape index (κ3) is 5.11. The average Bonchev–Trinajstić information content (AvgIpc) is 4.14. The lowest BCUT2D eigenvalue weighted by molar-refractivity contribution is 0.660. The SMILES string of the molecule is CC1(C)c2ccccc2-c2ccc(-n3c4ccc(-c5ccc6c(c5)n5c7ccccc7nc5n6-c5nc(-c6ccccc6)nc(-c6ccccc6)n5)cc4n4c5ccccc5nc34)cc21. The van der Waals surface area contributed by atoms with Crippen LogP contribution in [0, 0.1) is 0 Å². The van der Waals surface area contributed by atoms with Gasteiger partial charge < -0.3 is 0 Å². The maximum Gasteiger partial charge on any atom is 0.241 e. The molecule has 5 heterocycles. The van der Waals surface area contributed by atoms with Gasteiger partial charge in [0.05, 0.1) is 44.1 Å². The van der Waals surface area contributed by atoms with Gasteiger partial charge in [0.1, 0.15) is 0 Å². The number of aromatic nitrogens is 9. The molecule has 0 radical (unpaired) electrons. The molecule has 0 spiro atoms. The molecule has 1 aliphatic rings. The molecule has 0 N–H and O–H groups in total. The van der Waals surface area contributed by atoms with Crippen LogP contribution in [0.1, 0.15) is 25.0 Å². The zero-order valence-electron chi connectivity index (χ0n) is 35.4. The summed E-state index contributed by atoms with van der Waals surface area (Å²) in [7, 11) is 0. The first-order chi connectivity index (χ1) is 32.0. The summed E-state index contributed by atoms with van der Waals surface area (Å²) in [6, 6.07) is 66.0. The van der Waals surface area contributed by atoms with Gasteiger partial charge in [-0.3, -0.25) is 13.4 Å². The molecule has 0 amide bonds. The van der Waals surface area contributed by atoms with E-state index in [1.54, 1.807) is 0 Å².